The summed E-state index contributed by atoms with van der Waals surface area (Å²) in [6.07, 6.45) is 1.74. The minimum atomic E-state index is -0.307. The lowest BCUT2D eigenvalue weighted by atomic mass is 10.2. The molecule has 0 aliphatic carbocycles. The Morgan fingerprint density at radius 2 is 1.71 bits per heavy atom. The molecule has 2 aromatic carbocycles. The number of hydrogen-bond acceptors (Lipinski definition) is 2. The molecule has 7 heteroatoms. The van der Waals surface area contributed by atoms with E-state index in [0.29, 0.717) is 32.1 Å². The lowest BCUT2D eigenvalue weighted by molar-refractivity contribution is 0.102. The summed E-state index contributed by atoms with van der Waals surface area (Å²) in [4.78, 5) is 12.4. The van der Waals surface area contributed by atoms with E-state index in [9.17, 15) is 4.79 Å². The van der Waals surface area contributed by atoms with E-state index < -0.39 is 0 Å². The number of aromatic nitrogens is 2. The number of nitrogens with one attached hydrogen (secondary N) is 1. The second-order valence-electron chi connectivity index (χ2n) is 5.16. The number of benzene rings is 2. The third-order valence-corrected chi connectivity index (χ3v) is 4.16. The van der Waals surface area contributed by atoms with Gasteiger partial charge in [0.1, 0.15) is 0 Å². The Kier molecular flexibility index (Phi) is 4.81. The van der Waals surface area contributed by atoms with Crippen LogP contribution >= 0.6 is 34.8 Å². The molecule has 1 N–H and O–H groups in total. The summed E-state index contributed by atoms with van der Waals surface area (Å²) in [6, 6.07) is 12.0. The fraction of sp³-hybridized carbons (Fsp3) is 0.0588. The van der Waals surface area contributed by atoms with Crippen LogP contribution in [0.1, 0.15) is 16.1 Å². The van der Waals surface area contributed by atoms with Gasteiger partial charge in [-0.15, -0.1) is 0 Å². The maximum Gasteiger partial charge on any atom is 0.276 e. The Labute approximate surface area is 154 Å². The normalized spacial score (nSPS) is 10.7. The van der Waals surface area contributed by atoms with E-state index in [-0.39, 0.29) is 5.91 Å². The number of nitrogens with zero attached hydrogens (tertiary/aromatic N) is 2. The van der Waals surface area contributed by atoms with Crippen molar-refractivity contribution >= 4 is 46.4 Å². The quantitative estimate of drug-likeness (QED) is 0.662. The molecule has 0 unspecified atom stereocenters. The molecule has 0 radical (unpaired) electrons. The maximum atomic E-state index is 12.4. The van der Waals surface area contributed by atoms with Crippen molar-refractivity contribution in [1.82, 2.24) is 9.78 Å². The lowest BCUT2D eigenvalue weighted by Gasteiger charge is -2.05. The Hall–Kier alpha value is -2.01. The van der Waals surface area contributed by atoms with Crippen molar-refractivity contribution in [3.63, 3.8) is 0 Å². The van der Waals surface area contributed by atoms with E-state index in [1.807, 2.05) is 6.92 Å². The second-order valence-corrected chi connectivity index (χ2v) is 6.44. The number of carbonyl (C=O) groups excluding carboxylic acids is 1. The molecule has 24 heavy (non-hydrogen) atoms. The van der Waals surface area contributed by atoms with E-state index in [1.54, 1.807) is 53.3 Å². The van der Waals surface area contributed by atoms with Crippen molar-refractivity contribution in [2.24, 2.45) is 0 Å². The molecular weight excluding hydrogens is 369 g/mol. The van der Waals surface area contributed by atoms with Crippen molar-refractivity contribution in [2.45, 2.75) is 6.92 Å². The zero-order chi connectivity index (χ0) is 17.3. The van der Waals surface area contributed by atoms with Crippen molar-refractivity contribution in [2.75, 3.05) is 5.32 Å². The molecule has 0 aliphatic heterocycles. The van der Waals surface area contributed by atoms with Crippen molar-refractivity contribution in [1.29, 1.82) is 0 Å². The molecule has 1 amide bonds. The van der Waals surface area contributed by atoms with E-state index in [4.69, 9.17) is 34.8 Å². The van der Waals surface area contributed by atoms with Gasteiger partial charge in [0.2, 0.25) is 0 Å². The average molecular weight is 381 g/mol. The molecule has 0 saturated carbocycles. The van der Waals surface area contributed by atoms with Crippen LogP contribution < -0.4 is 5.32 Å². The highest BCUT2D eigenvalue weighted by Gasteiger charge is 2.16. The minimum absolute atomic E-state index is 0.307. The molecule has 0 atom stereocenters. The molecule has 0 spiro atoms. The van der Waals surface area contributed by atoms with Gasteiger partial charge in [-0.1, -0.05) is 34.8 Å². The first-order valence-electron chi connectivity index (χ1n) is 7.02. The molecule has 4 nitrogen and oxygen atoms in total. The fourth-order valence-electron chi connectivity index (χ4n) is 2.20. The van der Waals surface area contributed by atoms with Crippen LogP contribution in [0, 0.1) is 6.92 Å². The maximum absolute atomic E-state index is 12.4. The second kappa shape index (κ2) is 6.85. The largest absolute Gasteiger partial charge is 0.321 e. The number of halogens is 3. The summed E-state index contributed by atoms with van der Waals surface area (Å²) in [6.45, 7) is 1.81. The monoisotopic (exact) mass is 379 g/mol. The highest BCUT2D eigenvalue weighted by molar-refractivity contribution is 6.35. The number of amides is 1. The minimum Gasteiger partial charge on any atom is -0.321 e. The number of hydrogen-bond donors (Lipinski definition) is 1. The lowest BCUT2D eigenvalue weighted by Crippen LogP contribution is -2.14. The van der Waals surface area contributed by atoms with Gasteiger partial charge < -0.3 is 5.32 Å². The molecule has 0 bridgehead atoms. The SMILES string of the molecule is Cc1cn(-c2ccc(Cl)cc2Cl)nc1C(=O)Nc1ccc(Cl)cc1. The van der Waals surface area contributed by atoms with Crippen LogP contribution in [0.5, 0.6) is 0 Å². The molecule has 122 valence electrons. The van der Waals surface area contributed by atoms with Gasteiger partial charge in [-0.25, -0.2) is 4.68 Å². The number of rotatable bonds is 3. The summed E-state index contributed by atoms with van der Waals surface area (Å²) in [7, 11) is 0. The predicted molar refractivity (Wildman–Crippen MR) is 97.7 cm³/mol. The first-order valence-corrected chi connectivity index (χ1v) is 8.16. The Morgan fingerprint density at radius 3 is 2.38 bits per heavy atom. The molecule has 0 saturated heterocycles. The molecule has 3 rings (SSSR count). The number of carbonyl (C=O) groups is 1. The third-order valence-electron chi connectivity index (χ3n) is 3.37. The Morgan fingerprint density at radius 1 is 1.04 bits per heavy atom. The van der Waals surface area contributed by atoms with E-state index in [0.717, 1.165) is 5.56 Å². The predicted octanol–water partition coefficient (Wildman–Crippen LogP) is 5.39. The van der Waals surface area contributed by atoms with Gasteiger partial charge in [-0.05, 0) is 49.4 Å². The van der Waals surface area contributed by atoms with Crippen LogP contribution in [0.4, 0.5) is 5.69 Å². The van der Waals surface area contributed by atoms with Crippen LogP contribution in [0.2, 0.25) is 15.1 Å². The zero-order valence-corrected chi connectivity index (χ0v) is 14.8. The van der Waals surface area contributed by atoms with E-state index in [2.05, 4.69) is 10.4 Å². The first-order chi connectivity index (χ1) is 11.4. The highest BCUT2D eigenvalue weighted by atomic mass is 35.5. The van der Waals surface area contributed by atoms with Crippen molar-refractivity contribution in [3.05, 3.63) is 75.0 Å². The van der Waals surface area contributed by atoms with Gasteiger partial charge in [0.25, 0.3) is 5.91 Å². The van der Waals surface area contributed by atoms with Gasteiger partial charge in [-0.2, -0.15) is 5.10 Å². The van der Waals surface area contributed by atoms with Crippen LogP contribution in [0.15, 0.2) is 48.7 Å². The van der Waals surface area contributed by atoms with Crippen LogP contribution in [0.25, 0.3) is 5.69 Å². The smallest absolute Gasteiger partial charge is 0.276 e. The van der Waals surface area contributed by atoms with E-state index in [1.165, 1.54) is 0 Å². The summed E-state index contributed by atoms with van der Waals surface area (Å²) >= 11 is 17.9. The molecular formula is C17H12Cl3N3O. The highest BCUT2D eigenvalue weighted by Crippen LogP contribution is 2.25. The molecule has 3 aromatic rings. The summed E-state index contributed by atoms with van der Waals surface area (Å²) in [5.41, 5.74) is 2.33. The number of aryl methyl sites for hydroxylation is 1. The topological polar surface area (TPSA) is 46.9 Å². The van der Waals surface area contributed by atoms with Crippen LogP contribution in [-0.4, -0.2) is 15.7 Å². The standard InChI is InChI=1S/C17H12Cl3N3O/c1-10-9-23(15-7-4-12(19)8-14(15)20)22-16(10)17(24)21-13-5-2-11(18)3-6-13/h2-9H,1H3,(H,21,24). The fourth-order valence-corrected chi connectivity index (χ4v) is 2.82. The van der Waals surface area contributed by atoms with Gasteiger partial charge in [0, 0.05) is 27.5 Å². The third kappa shape index (κ3) is 3.56. The first kappa shape index (κ1) is 16.8. The average Bonchev–Trinajstić information content (AvgIpc) is 2.91. The van der Waals surface area contributed by atoms with Crippen molar-refractivity contribution in [3.8, 4) is 5.69 Å². The Bertz CT molecular complexity index is 904. The molecule has 1 aromatic heterocycles. The summed E-state index contributed by atoms with van der Waals surface area (Å²) in [5, 5.41) is 8.71. The van der Waals surface area contributed by atoms with Gasteiger partial charge >= 0.3 is 0 Å². The van der Waals surface area contributed by atoms with Crippen LogP contribution in [-0.2, 0) is 0 Å². The van der Waals surface area contributed by atoms with Gasteiger partial charge in [0.15, 0.2) is 5.69 Å². The number of anilines is 1. The molecule has 1 heterocycles. The molecule has 0 fully saturated rings. The van der Waals surface area contributed by atoms with Crippen molar-refractivity contribution < 1.29 is 4.79 Å². The molecule has 0 aliphatic rings. The zero-order valence-electron chi connectivity index (χ0n) is 12.6. The van der Waals surface area contributed by atoms with E-state index >= 15 is 0 Å². The Balaban J connectivity index is 1.88. The van der Waals surface area contributed by atoms with Gasteiger partial charge in [0.05, 0.1) is 10.7 Å². The van der Waals surface area contributed by atoms with Crippen LogP contribution in [0.3, 0.4) is 0 Å². The summed E-state index contributed by atoms with van der Waals surface area (Å²) < 4.78 is 1.56. The summed E-state index contributed by atoms with van der Waals surface area (Å²) in [5.74, 6) is -0.307. The van der Waals surface area contributed by atoms with Gasteiger partial charge in [-0.3, -0.25) is 4.79 Å².